The largest absolute Gasteiger partial charge is 0.0642 e. The zero-order chi connectivity index (χ0) is 14.6. The average molecular weight is 273 g/mol. The zero-order valence-electron chi connectivity index (χ0n) is 13.1. The Morgan fingerprint density at radius 1 is 0.857 bits per heavy atom. The van der Waals surface area contributed by atoms with Crippen LogP contribution in [0.25, 0.3) is 17.2 Å². The lowest BCUT2D eigenvalue weighted by Gasteiger charge is -2.16. The van der Waals surface area contributed by atoms with Gasteiger partial charge in [0, 0.05) is 6.42 Å². The molecule has 0 fully saturated rings. The van der Waals surface area contributed by atoms with Crippen molar-refractivity contribution in [3.63, 3.8) is 0 Å². The summed E-state index contributed by atoms with van der Waals surface area (Å²) in [5.74, 6) is 0. The van der Waals surface area contributed by atoms with Crippen LogP contribution in [0, 0.1) is 20.3 Å². The Balaban J connectivity index is 2.04. The molecule has 2 aliphatic rings. The fourth-order valence-corrected chi connectivity index (χ4v) is 4.02. The second-order valence-electron chi connectivity index (χ2n) is 6.65. The van der Waals surface area contributed by atoms with Gasteiger partial charge in [-0.05, 0) is 73.4 Å². The molecule has 0 spiro atoms. The lowest BCUT2D eigenvalue weighted by molar-refractivity contribution is 0.912. The molecule has 0 nitrogen and oxygen atoms in total. The maximum Gasteiger partial charge on any atom is 0.0161 e. The molecule has 21 heavy (non-hydrogen) atoms. The highest BCUT2D eigenvalue weighted by Gasteiger charge is 2.24. The third-order valence-electron chi connectivity index (χ3n) is 4.74. The maximum atomic E-state index is 2.43. The van der Waals surface area contributed by atoms with Crippen molar-refractivity contribution in [2.75, 3.05) is 0 Å². The van der Waals surface area contributed by atoms with E-state index in [4.69, 9.17) is 0 Å². The molecule has 0 unspecified atom stereocenters. The first-order valence-corrected chi connectivity index (χ1v) is 7.92. The van der Waals surface area contributed by atoms with Gasteiger partial charge < -0.3 is 0 Å². The van der Waals surface area contributed by atoms with Crippen LogP contribution in [0.3, 0.4) is 0 Å². The quantitative estimate of drug-likeness (QED) is 0.650. The van der Waals surface area contributed by atoms with E-state index in [0.717, 1.165) is 0 Å². The highest BCUT2D eigenvalue weighted by molar-refractivity contribution is 5.86. The highest BCUT2D eigenvalue weighted by atomic mass is 14.3. The van der Waals surface area contributed by atoms with Gasteiger partial charge in [-0.1, -0.05) is 47.0 Å². The van der Waals surface area contributed by atoms with Crippen LogP contribution in [0.15, 0.2) is 29.8 Å². The van der Waals surface area contributed by atoms with Gasteiger partial charge >= 0.3 is 0 Å². The van der Waals surface area contributed by atoms with Gasteiger partial charge in [0.05, 0.1) is 0 Å². The molecular weight excluding hydrogens is 252 g/mol. The average Bonchev–Trinajstić information content (AvgIpc) is 2.98. The molecule has 2 aromatic rings. The van der Waals surface area contributed by atoms with Crippen LogP contribution in [-0.4, -0.2) is 0 Å². The minimum absolute atomic E-state index is 1.23. The van der Waals surface area contributed by atoms with E-state index in [1.807, 2.05) is 0 Å². The summed E-state index contributed by atoms with van der Waals surface area (Å²) in [5, 5.41) is 0. The van der Waals surface area contributed by atoms with Crippen molar-refractivity contribution < 1.29 is 0 Å². The van der Waals surface area contributed by atoms with Crippen LogP contribution in [0.2, 0.25) is 0 Å². The monoisotopic (exact) mass is 273 g/mol. The van der Waals surface area contributed by atoms with E-state index >= 15 is 0 Å². The number of hydrogen-bond donors (Lipinski definition) is 0. The van der Waals surface area contributed by atoms with Gasteiger partial charge in [-0.15, -0.1) is 0 Å². The fourth-order valence-electron chi connectivity index (χ4n) is 4.02. The van der Waals surface area contributed by atoms with Crippen LogP contribution in [0.4, 0.5) is 0 Å². The van der Waals surface area contributed by atoms with Crippen molar-refractivity contribution in [2.45, 2.75) is 40.0 Å². The van der Waals surface area contributed by atoms with Gasteiger partial charge in [0.1, 0.15) is 0 Å². The van der Waals surface area contributed by atoms with Gasteiger partial charge in [0.25, 0.3) is 0 Å². The molecule has 0 aromatic heterocycles. The first-order valence-electron chi connectivity index (χ1n) is 7.92. The molecule has 4 rings (SSSR count). The molecule has 2 aliphatic carbocycles. The number of aryl methyl sites for hydroxylation is 3. The minimum atomic E-state index is 1.23. The van der Waals surface area contributed by atoms with Crippen LogP contribution in [0.1, 0.15) is 46.7 Å². The summed E-state index contributed by atoms with van der Waals surface area (Å²) < 4.78 is 0. The SMILES string of the molecule is CC1=Cc2c(cc3c(c2-c2cc(C)cc(C)c2)CCC3)[CH]1. The van der Waals surface area contributed by atoms with E-state index in [1.165, 1.54) is 58.2 Å². The first-order chi connectivity index (χ1) is 10.1. The molecule has 0 bridgehead atoms. The normalized spacial score (nSPS) is 15.9. The molecular formula is C21H21. The zero-order valence-corrected chi connectivity index (χ0v) is 13.1. The van der Waals surface area contributed by atoms with Gasteiger partial charge in [0.2, 0.25) is 0 Å². The van der Waals surface area contributed by atoms with Crippen LogP contribution in [0.5, 0.6) is 0 Å². The minimum Gasteiger partial charge on any atom is -0.0642 e. The summed E-state index contributed by atoms with van der Waals surface area (Å²) in [4.78, 5) is 0. The molecule has 0 saturated carbocycles. The summed E-state index contributed by atoms with van der Waals surface area (Å²) in [6, 6.07) is 9.39. The topological polar surface area (TPSA) is 0 Å². The molecule has 0 atom stereocenters. The third kappa shape index (κ3) is 2.05. The molecule has 0 amide bonds. The molecule has 2 aromatic carbocycles. The summed E-state index contributed by atoms with van der Waals surface area (Å²) in [6.45, 7) is 6.61. The van der Waals surface area contributed by atoms with Crippen molar-refractivity contribution in [1.29, 1.82) is 0 Å². The number of benzene rings is 2. The summed E-state index contributed by atoms with van der Waals surface area (Å²) in [5.41, 5.74) is 13.0. The number of allylic oxidation sites excluding steroid dienone is 1. The summed E-state index contributed by atoms with van der Waals surface area (Å²) in [7, 11) is 0. The van der Waals surface area contributed by atoms with E-state index < -0.39 is 0 Å². The lowest BCUT2D eigenvalue weighted by Crippen LogP contribution is -1.96. The molecule has 105 valence electrons. The lowest BCUT2D eigenvalue weighted by atomic mass is 9.88. The molecule has 0 aliphatic heterocycles. The van der Waals surface area contributed by atoms with Crippen molar-refractivity contribution in [3.05, 3.63) is 69.6 Å². The van der Waals surface area contributed by atoms with Gasteiger partial charge in [-0.2, -0.15) is 0 Å². The van der Waals surface area contributed by atoms with Gasteiger partial charge in [-0.25, -0.2) is 0 Å². The van der Waals surface area contributed by atoms with E-state index in [9.17, 15) is 0 Å². The predicted octanol–water partition coefficient (Wildman–Crippen LogP) is 5.43. The Kier molecular flexibility index (Phi) is 2.82. The maximum absolute atomic E-state index is 2.43. The molecule has 0 N–H and O–H groups in total. The van der Waals surface area contributed by atoms with Gasteiger partial charge in [0.15, 0.2) is 0 Å². The summed E-state index contributed by atoms with van der Waals surface area (Å²) in [6.07, 6.45) is 8.48. The van der Waals surface area contributed by atoms with Crippen molar-refractivity contribution >= 4 is 6.08 Å². The Morgan fingerprint density at radius 2 is 1.62 bits per heavy atom. The van der Waals surface area contributed by atoms with Crippen LogP contribution < -0.4 is 0 Å². The highest BCUT2D eigenvalue weighted by Crippen LogP contribution is 2.42. The number of hydrogen-bond acceptors (Lipinski definition) is 0. The Labute approximate surface area is 127 Å². The van der Waals surface area contributed by atoms with Gasteiger partial charge in [-0.3, -0.25) is 0 Å². The van der Waals surface area contributed by atoms with Crippen LogP contribution >= 0.6 is 0 Å². The first kappa shape index (κ1) is 12.9. The van der Waals surface area contributed by atoms with Crippen molar-refractivity contribution in [1.82, 2.24) is 0 Å². The molecule has 0 heteroatoms. The van der Waals surface area contributed by atoms with Crippen LogP contribution in [-0.2, 0) is 12.8 Å². The van der Waals surface area contributed by atoms with E-state index in [-0.39, 0.29) is 0 Å². The van der Waals surface area contributed by atoms with E-state index in [1.54, 1.807) is 11.1 Å². The second-order valence-corrected chi connectivity index (χ2v) is 6.65. The fraction of sp³-hybridized carbons (Fsp3) is 0.286. The Bertz CT molecular complexity index is 755. The molecule has 1 radical (unpaired) electrons. The molecule has 0 heterocycles. The van der Waals surface area contributed by atoms with E-state index in [0.29, 0.717) is 0 Å². The summed E-state index contributed by atoms with van der Waals surface area (Å²) >= 11 is 0. The third-order valence-corrected chi connectivity index (χ3v) is 4.74. The standard InChI is InChI=1S/C21H21/c1-13-7-14(2)10-18(9-13)21-19-6-4-5-16(19)12-17-8-15(3)11-20(17)21/h7-12H,4-6H2,1-3H3. The number of rotatable bonds is 1. The predicted molar refractivity (Wildman–Crippen MR) is 90.4 cm³/mol. The van der Waals surface area contributed by atoms with E-state index in [2.05, 4.69) is 57.5 Å². The van der Waals surface area contributed by atoms with Crippen molar-refractivity contribution in [3.8, 4) is 11.1 Å². The smallest absolute Gasteiger partial charge is 0.0161 e. The molecule has 0 saturated heterocycles. The Hall–Kier alpha value is -1.82. The Morgan fingerprint density at radius 3 is 2.38 bits per heavy atom. The second kappa shape index (κ2) is 4.59. The number of fused-ring (bicyclic) bond motifs is 2. The van der Waals surface area contributed by atoms with Crippen molar-refractivity contribution in [2.24, 2.45) is 0 Å².